The summed E-state index contributed by atoms with van der Waals surface area (Å²) in [4.78, 5) is 12.2. The van der Waals surface area contributed by atoms with Crippen LogP contribution in [0.2, 0.25) is 0 Å². The van der Waals surface area contributed by atoms with Gasteiger partial charge in [0.1, 0.15) is 5.69 Å². The van der Waals surface area contributed by atoms with Gasteiger partial charge in [0.05, 0.1) is 17.3 Å². The van der Waals surface area contributed by atoms with Gasteiger partial charge in [-0.25, -0.2) is 0 Å². The van der Waals surface area contributed by atoms with Gasteiger partial charge in [-0.3, -0.25) is 9.89 Å². The molecule has 0 spiro atoms. The molecule has 3 rings (SSSR count). The van der Waals surface area contributed by atoms with E-state index in [1.807, 2.05) is 30.3 Å². The van der Waals surface area contributed by atoms with E-state index in [0.29, 0.717) is 22.6 Å². The zero-order valence-electron chi connectivity index (χ0n) is 11.9. The third-order valence-electron chi connectivity index (χ3n) is 3.21. The number of hydrogen-bond donors (Lipinski definition) is 2. The molecule has 23 heavy (non-hydrogen) atoms. The van der Waals surface area contributed by atoms with Crippen molar-refractivity contribution in [3.63, 3.8) is 0 Å². The lowest BCUT2D eigenvalue weighted by atomic mass is 10.1. The third kappa shape index (κ3) is 3.47. The minimum atomic E-state index is -0.309. The van der Waals surface area contributed by atoms with E-state index in [-0.39, 0.29) is 5.91 Å². The Balaban J connectivity index is 1.78. The molecule has 0 saturated heterocycles. The van der Waals surface area contributed by atoms with Crippen molar-refractivity contribution in [1.82, 2.24) is 10.2 Å². The van der Waals surface area contributed by atoms with E-state index in [2.05, 4.69) is 31.4 Å². The number of amides is 1. The topological polar surface area (TPSA) is 81.6 Å². The lowest BCUT2D eigenvalue weighted by Crippen LogP contribution is -2.12. The van der Waals surface area contributed by atoms with Crippen LogP contribution in [0.15, 0.2) is 59.1 Å². The monoisotopic (exact) mass is 366 g/mol. The molecule has 0 aliphatic carbocycles. The van der Waals surface area contributed by atoms with Crippen LogP contribution >= 0.6 is 15.9 Å². The SMILES string of the molecule is N#Cc1cccc(NC(=O)c2cc(-c3ccc(Br)cc3)n[nH]2)c1. The minimum Gasteiger partial charge on any atom is -0.321 e. The van der Waals surface area contributed by atoms with Gasteiger partial charge in [0.15, 0.2) is 0 Å². The molecular formula is C17H11BrN4O. The molecule has 2 N–H and O–H groups in total. The quantitative estimate of drug-likeness (QED) is 0.735. The highest BCUT2D eigenvalue weighted by Crippen LogP contribution is 2.21. The number of nitriles is 1. The molecule has 0 aliphatic heterocycles. The predicted octanol–water partition coefficient (Wildman–Crippen LogP) is 3.96. The van der Waals surface area contributed by atoms with Crippen LogP contribution in [-0.2, 0) is 0 Å². The Bertz CT molecular complexity index is 893. The van der Waals surface area contributed by atoms with Crippen molar-refractivity contribution in [1.29, 1.82) is 5.26 Å². The zero-order chi connectivity index (χ0) is 16.2. The molecule has 1 heterocycles. The molecule has 0 atom stereocenters. The van der Waals surface area contributed by atoms with Gasteiger partial charge in [0.25, 0.3) is 5.91 Å². The van der Waals surface area contributed by atoms with Crippen LogP contribution in [0.3, 0.4) is 0 Å². The Kier molecular flexibility index (Phi) is 4.22. The van der Waals surface area contributed by atoms with E-state index >= 15 is 0 Å². The molecule has 5 nitrogen and oxygen atoms in total. The van der Waals surface area contributed by atoms with Crippen molar-refractivity contribution in [2.24, 2.45) is 0 Å². The molecule has 0 radical (unpaired) electrons. The largest absolute Gasteiger partial charge is 0.321 e. The number of nitrogens with zero attached hydrogens (tertiary/aromatic N) is 2. The molecule has 1 aromatic heterocycles. The maximum atomic E-state index is 12.2. The van der Waals surface area contributed by atoms with Gasteiger partial charge in [0, 0.05) is 15.7 Å². The average molecular weight is 367 g/mol. The summed E-state index contributed by atoms with van der Waals surface area (Å²) in [7, 11) is 0. The summed E-state index contributed by atoms with van der Waals surface area (Å²) in [5.74, 6) is -0.309. The van der Waals surface area contributed by atoms with E-state index in [1.54, 1.807) is 30.3 Å². The maximum Gasteiger partial charge on any atom is 0.273 e. The first-order valence-corrected chi connectivity index (χ1v) is 7.58. The highest BCUT2D eigenvalue weighted by molar-refractivity contribution is 9.10. The van der Waals surface area contributed by atoms with Crippen LogP contribution < -0.4 is 5.32 Å². The first-order chi connectivity index (χ1) is 11.2. The normalized spacial score (nSPS) is 10.1. The van der Waals surface area contributed by atoms with Crippen molar-refractivity contribution in [3.8, 4) is 17.3 Å². The number of aromatic amines is 1. The van der Waals surface area contributed by atoms with Gasteiger partial charge in [0.2, 0.25) is 0 Å². The number of anilines is 1. The van der Waals surface area contributed by atoms with Crippen LogP contribution in [0.25, 0.3) is 11.3 Å². The maximum absolute atomic E-state index is 12.2. The first kappa shape index (κ1) is 15.0. The summed E-state index contributed by atoms with van der Waals surface area (Å²) < 4.78 is 0.979. The Morgan fingerprint density at radius 1 is 1.17 bits per heavy atom. The second-order valence-corrected chi connectivity index (χ2v) is 5.74. The fraction of sp³-hybridized carbons (Fsp3) is 0. The molecule has 0 unspecified atom stereocenters. The summed E-state index contributed by atoms with van der Waals surface area (Å²) in [6.45, 7) is 0. The van der Waals surface area contributed by atoms with E-state index in [4.69, 9.17) is 5.26 Å². The van der Waals surface area contributed by atoms with E-state index in [1.165, 1.54) is 0 Å². The lowest BCUT2D eigenvalue weighted by molar-refractivity contribution is 0.102. The van der Waals surface area contributed by atoms with Crippen molar-refractivity contribution >= 4 is 27.5 Å². The summed E-state index contributed by atoms with van der Waals surface area (Å²) in [5, 5.41) is 18.5. The van der Waals surface area contributed by atoms with Gasteiger partial charge in [-0.05, 0) is 36.4 Å². The number of halogens is 1. The average Bonchev–Trinajstić information content (AvgIpc) is 3.06. The molecule has 0 aliphatic rings. The summed E-state index contributed by atoms with van der Waals surface area (Å²) in [6.07, 6.45) is 0. The smallest absolute Gasteiger partial charge is 0.273 e. The molecule has 112 valence electrons. The number of carbonyl (C=O) groups is 1. The molecule has 6 heteroatoms. The Morgan fingerprint density at radius 3 is 2.70 bits per heavy atom. The summed E-state index contributed by atoms with van der Waals surface area (Å²) >= 11 is 3.38. The van der Waals surface area contributed by atoms with Gasteiger partial charge < -0.3 is 5.32 Å². The van der Waals surface area contributed by atoms with Crippen LogP contribution in [0, 0.1) is 11.3 Å². The standard InChI is InChI=1S/C17H11BrN4O/c18-13-6-4-12(5-7-13)15-9-16(22-21-15)17(23)20-14-3-1-2-11(8-14)10-19/h1-9H,(H,20,23)(H,21,22). The van der Waals surface area contributed by atoms with Crippen molar-refractivity contribution in [3.05, 3.63) is 70.3 Å². The highest BCUT2D eigenvalue weighted by atomic mass is 79.9. The lowest BCUT2D eigenvalue weighted by Gasteiger charge is -2.03. The van der Waals surface area contributed by atoms with Gasteiger partial charge in [-0.15, -0.1) is 0 Å². The highest BCUT2D eigenvalue weighted by Gasteiger charge is 2.11. The first-order valence-electron chi connectivity index (χ1n) is 6.78. The molecular weight excluding hydrogens is 356 g/mol. The van der Waals surface area contributed by atoms with Crippen molar-refractivity contribution in [2.75, 3.05) is 5.32 Å². The Labute approximate surface area is 141 Å². The van der Waals surface area contributed by atoms with E-state index in [0.717, 1.165) is 10.0 Å². The summed E-state index contributed by atoms with van der Waals surface area (Å²) in [5.41, 5.74) is 3.01. The van der Waals surface area contributed by atoms with E-state index in [9.17, 15) is 4.79 Å². The van der Waals surface area contributed by atoms with Crippen molar-refractivity contribution < 1.29 is 4.79 Å². The minimum absolute atomic E-state index is 0.309. The fourth-order valence-electron chi connectivity index (χ4n) is 2.07. The van der Waals surface area contributed by atoms with Crippen LogP contribution in [0.5, 0.6) is 0 Å². The van der Waals surface area contributed by atoms with Crippen LogP contribution in [0.4, 0.5) is 5.69 Å². The summed E-state index contributed by atoms with van der Waals surface area (Å²) in [6, 6.07) is 18.1. The molecule has 0 bridgehead atoms. The Morgan fingerprint density at radius 2 is 1.96 bits per heavy atom. The number of H-pyrrole nitrogens is 1. The number of carbonyl (C=O) groups excluding carboxylic acids is 1. The van der Waals surface area contributed by atoms with Crippen LogP contribution in [0.1, 0.15) is 16.1 Å². The second-order valence-electron chi connectivity index (χ2n) is 4.82. The van der Waals surface area contributed by atoms with Crippen LogP contribution in [-0.4, -0.2) is 16.1 Å². The molecule has 0 saturated carbocycles. The number of rotatable bonds is 3. The number of hydrogen-bond acceptors (Lipinski definition) is 3. The predicted molar refractivity (Wildman–Crippen MR) is 90.8 cm³/mol. The molecule has 3 aromatic rings. The second kappa shape index (κ2) is 6.46. The van der Waals surface area contributed by atoms with Gasteiger partial charge >= 0.3 is 0 Å². The zero-order valence-corrected chi connectivity index (χ0v) is 13.5. The van der Waals surface area contributed by atoms with Gasteiger partial charge in [-0.2, -0.15) is 10.4 Å². The molecule has 2 aromatic carbocycles. The van der Waals surface area contributed by atoms with Gasteiger partial charge in [-0.1, -0.05) is 34.1 Å². The molecule has 1 amide bonds. The Hall–Kier alpha value is -2.91. The number of nitrogens with one attached hydrogen (secondary N) is 2. The van der Waals surface area contributed by atoms with Crippen molar-refractivity contribution in [2.45, 2.75) is 0 Å². The molecule has 0 fully saturated rings. The third-order valence-corrected chi connectivity index (χ3v) is 3.74. The number of aromatic nitrogens is 2. The fourth-order valence-corrected chi connectivity index (χ4v) is 2.34. The van der Waals surface area contributed by atoms with E-state index < -0.39 is 0 Å². The number of benzene rings is 2.